The number of hydrogen-bond acceptors (Lipinski definition) is 4. The Labute approximate surface area is 156 Å². The Kier molecular flexibility index (Phi) is 6.19. The average molecular weight is 381 g/mol. The van der Waals surface area contributed by atoms with Crippen LogP contribution in [-0.4, -0.2) is 43.1 Å². The van der Waals surface area contributed by atoms with Gasteiger partial charge in [0.25, 0.3) is 0 Å². The van der Waals surface area contributed by atoms with Gasteiger partial charge in [-0.05, 0) is 57.1 Å². The topological polar surface area (TPSA) is 75.7 Å². The van der Waals surface area contributed by atoms with Crippen molar-refractivity contribution in [1.82, 2.24) is 4.31 Å². The number of nitrogens with one attached hydrogen (secondary N) is 1. The fourth-order valence-corrected chi connectivity index (χ4v) is 5.53. The molecule has 0 spiro atoms. The minimum absolute atomic E-state index is 0.0848. The molecule has 2 aliphatic rings. The predicted octanol–water partition coefficient (Wildman–Crippen LogP) is 3.15. The Balaban J connectivity index is 1.65. The van der Waals surface area contributed by atoms with Crippen LogP contribution in [0.4, 0.5) is 5.69 Å². The van der Waals surface area contributed by atoms with Crippen molar-refractivity contribution in [2.24, 2.45) is 0 Å². The van der Waals surface area contributed by atoms with Crippen LogP contribution in [0, 0.1) is 0 Å². The lowest BCUT2D eigenvalue weighted by Gasteiger charge is -2.23. The minimum Gasteiger partial charge on any atom is -0.490 e. The van der Waals surface area contributed by atoms with Gasteiger partial charge in [-0.2, -0.15) is 4.31 Å². The van der Waals surface area contributed by atoms with Gasteiger partial charge in [0.1, 0.15) is 11.8 Å². The van der Waals surface area contributed by atoms with Crippen molar-refractivity contribution in [1.29, 1.82) is 0 Å². The van der Waals surface area contributed by atoms with E-state index in [0.717, 1.165) is 18.6 Å². The number of amides is 1. The van der Waals surface area contributed by atoms with Crippen LogP contribution in [0.25, 0.3) is 0 Å². The third-order valence-corrected chi connectivity index (χ3v) is 7.11. The summed E-state index contributed by atoms with van der Waals surface area (Å²) in [4.78, 5) is 12.7. The molecule has 26 heavy (non-hydrogen) atoms. The van der Waals surface area contributed by atoms with E-state index in [9.17, 15) is 13.2 Å². The minimum atomic E-state index is -3.37. The summed E-state index contributed by atoms with van der Waals surface area (Å²) in [5.41, 5.74) is 0.644. The van der Waals surface area contributed by atoms with Crippen LogP contribution in [0.15, 0.2) is 24.3 Å². The maximum Gasteiger partial charge on any atom is 0.242 e. The van der Waals surface area contributed by atoms with Gasteiger partial charge >= 0.3 is 0 Å². The molecule has 3 rings (SSSR count). The molecule has 1 heterocycles. The number of ether oxygens (including phenoxy) is 1. The van der Waals surface area contributed by atoms with Crippen LogP contribution in [0.2, 0.25) is 0 Å². The van der Waals surface area contributed by atoms with E-state index < -0.39 is 16.1 Å². The highest BCUT2D eigenvalue weighted by Crippen LogP contribution is 2.27. The standard InChI is InChI=1S/C19H28N2O4S/c1-2-13-26(23,24)21-12-6-11-18(21)19(22)20-15-7-5-10-17(14-15)25-16-8-3-4-9-16/h5,7,10,14,16,18H,2-4,6,8-9,11-13H2,1H3,(H,20,22). The summed E-state index contributed by atoms with van der Waals surface area (Å²) >= 11 is 0. The molecule has 1 saturated carbocycles. The van der Waals surface area contributed by atoms with Gasteiger partial charge in [0.2, 0.25) is 15.9 Å². The van der Waals surface area contributed by atoms with E-state index in [4.69, 9.17) is 4.74 Å². The summed E-state index contributed by atoms with van der Waals surface area (Å²) in [6, 6.07) is 6.74. The molecule has 1 aromatic carbocycles. The first-order chi connectivity index (χ1) is 12.5. The number of rotatable bonds is 7. The Hall–Kier alpha value is -1.60. The van der Waals surface area contributed by atoms with Crippen molar-refractivity contribution in [2.45, 2.75) is 64.0 Å². The van der Waals surface area contributed by atoms with Crippen molar-refractivity contribution >= 4 is 21.6 Å². The highest BCUT2D eigenvalue weighted by molar-refractivity contribution is 7.89. The molecule has 0 aromatic heterocycles. The monoisotopic (exact) mass is 380 g/mol. The van der Waals surface area contributed by atoms with E-state index in [-0.39, 0.29) is 17.8 Å². The van der Waals surface area contributed by atoms with Gasteiger partial charge < -0.3 is 10.1 Å². The Morgan fingerprint density at radius 3 is 2.73 bits per heavy atom. The van der Waals surface area contributed by atoms with E-state index in [1.54, 1.807) is 6.07 Å². The van der Waals surface area contributed by atoms with E-state index >= 15 is 0 Å². The summed E-state index contributed by atoms with van der Waals surface area (Å²) in [6.07, 6.45) is 6.62. The number of anilines is 1. The molecule has 1 amide bonds. The second-order valence-electron chi connectivity index (χ2n) is 7.13. The molecule has 1 aliphatic carbocycles. The molecule has 1 aliphatic heterocycles. The maximum atomic E-state index is 12.7. The lowest BCUT2D eigenvalue weighted by atomic mass is 10.2. The Morgan fingerprint density at radius 1 is 1.23 bits per heavy atom. The molecule has 1 N–H and O–H groups in total. The molecule has 1 saturated heterocycles. The van der Waals surface area contributed by atoms with E-state index in [0.29, 0.717) is 31.5 Å². The zero-order chi connectivity index (χ0) is 18.6. The number of sulfonamides is 1. The van der Waals surface area contributed by atoms with E-state index in [1.165, 1.54) is 17.1 Å². The summed E-state index contributed by atoms with van der Waals surface area (Å²) < 4.78 is 32.1. The van der Waals surface area contributed by atoms with Crippen molar-refractivity contribution < 1.29 is 17.9 Å². The van der Waals surface area contributed by atoms with Gasteiger partial charge in [-0.15, -0.1) is 0 Å². The molecule has 0 bridgehead atoms. The normalized spacial score (nSPS) is 21.8. The molecule has 0 radical (unpaired) electrons. The van der Waals surface area contributed by atoms with Gasteiger partial charge in [0.05, 0.1) is 11.9 Å². The second kappa shape index (κ2) is 8.39. The summed E-state index contributed by atoms with van der Waals surface area (Å²) in [5.74, 6) is 0.568. The number of nitrogens with zero attached hydrogens (tertiary/aromatic N) is 1. The van der Waals surface area contributed by atoms with Crippen LogP contribution in [0.1, 0.15) is 51.9 Å². The van der Waals surface area contributed by atoms with E-state index in [2.05, 4.69) is 5.32 Å². The highest BCUT2D eigenvalue weighted by atomic mass is 32.2. The van der Waals surface area contributed by atoms with Gasteiger partial charge in [0, 0.05) is 18.3 Å². The molecule has 6 nitrogen and oxygen atoms in total. The lowest BCUT2D eigenvalue weighted by molar-refractivity contribution is -0.119. The number of hydrogen-bond donors (Lipinski definition) is 1. The van der Waals surface area contributed by atoms with Crippen LogP contribution < -0.4 is 10.1 Å². The molecule has 144 valence electrons. The molecule has 2 fully saturated rings. The zero-order valence-corrected chi connectivity index (χ0v) is 16.1. The van der Waals surface area contributed by atoms with Gasteiger partial charge in [-0.25, -0.2) is 8.42 Å². The Morgan fingerprint density at radius 2 is 2.00 bits per heavy atom. The zero-order valence-electron chi connectivity index (χ0n) is 15.3. The van der Waals surface area contributed by atoms with Crippen molar-refractivity contribution in [3.05, 3.63) is 24.3 Å². The van der Waals surface area contributed by atoms with Gasteiger partial charge in [0.15, 0.2) is 0 Å². The quantitative estimate of drug-likeness (QED) is 0.788. The van der Waals surface area contributed by atoms with Crippen molar-refractivity contribution in [3.63, 3.8) is 0 Å². The summed E-state index contributed by atoms with van der Waals surface area (Å²) in [6.45, 7) is 2.25. The van der Waals surface area contributed by atoms with Crippen LogP contribution in [-0.2, 0) is 14.8 Å². The summed E-state index contributed by atoms with van der Waals surface area (Å²) in [5, 5.41) is 2.87. The smallest absolute Gasteiger partial charge is 0.242 e. The SMILES string of the molecule is CCCS(=O)(=O)N1CCCC1C(=O)Nc1cccc(OC2CCCC2)c1. The molecular weight excluding hydrogens is 352 g/mol. The van der Waals surface area contributed by atoms with Crippen LogP contribution >= 0.6 is 0 Å². The fourth-order valence-electron chi connectivity index (χ4n) is 3.78. The third-order valence-electron chi connectivity index (χ3n) is 5.03. The van der Waals surface area contributed by atoms with E-state index in [1.807, 2.05) is 25.1 Å². The van der Waals surface area contributed by atoms with Gasteiger partial charge in [-0.3, -0.25) is 4.79 Å². The molecule has 7 heteroatoms. The maximum absolute atomic E-state index is 12.7. The average Bonchev–Trinajstić information content (AvgIpc) is 3.26. The predicted molar refractivity (Wildman–Crippen MR) is 102 cm³/mol. The summed E-state index contributed by atoms with van der Waals surface area (Å²) in [7, 11) is -3.37. The first-order valence-electron chi connectivity index (χ1n) is 9.56. The third kappa shape index (κ3) is 4.57. The molecule has 1 aromatic rings. The van der Waals surface area contributed by atoms with Crippen molar-refractivity contribution in [2.75, 3.05) is 17.6 Å². The van der Waals surface area contributed by atoms with Crippen molar-refractivity contribution in [3.8, 4) is 5.75 Å². The second-order valence-corrected chi connectivity index (χ2v) is 9.17. The lowest BCUT2D eigenvalue weighted by Crippen LogP contribution is -2.44. The fraction of sp³-hybridized carbons (Fsp3) is 0.632. The van der Waals surface area contributed by atoms with Crippen LogP contribution in [0.3, 0.4) is 0 Å². The molecular formula is C19H28N2O4S. The number of benzene rings is 1. The molecule has 1 unspecified atom stereocenters. The number of carbonyl (C=O) groups is 1. The first-order valence-corrected chi connectivity index (χ1v) is 11.2. The largest absolute Gasteiger partial charge is 0.490 e. The van der Waals surface area contributed by atoms with Crippen LogP contribution in [0.5, 0.6) is 5.75 Å². The number of carbonyl (C=O) groups excluding carboxylic acids is 1. The first kappa shape index (κ1) is 19.2. The van der Waals surface area contributed by atoms with Gasteiger partial charge in [-0.1, -0.05) is 13.0 Å². The highest BCUT2D eigenvalue weighted by Gasteiger charge is 2.38. The molecule has 1 atom stereocenters. The Bertz CT molecular complexity index is 729.